The molecule has 0 spiro atoms. The van der Waals surface area contributed by atoms with Gasteiger partial charge in [-0.25, -0.2) is 9.37 Å². The quantitative estimate of drug-likeness (QED) is 0.300. The lowest BCUT2D eigenvalue weighted by Gasteiger charge is -2.12. The zero-order valence-electron chi connectivity index (χ0n) is 19.8. The van der Waals surface area contributed by atoms with Gasteiger partial charge >= 0.3 is 5.97 Å². The summed E-state index contributed by atoms with van der Waals surface area (Å²) in [4.78, 5) is 19.9. The van der Waals surface area contributed by atoms with E-state index in [1.807, 2.05) is 44.2 Å². The lowest BCUT2D eigenvalue weighted by Crippen LogP contribution is -2.09. The third-order valence-corrected chi connectivity index (χ3v) is 4.96. The van der Waals surface area contributed by atoms with Crippen molar-refractivity contribution in [1.29, 1.82) is 0 Å². The Morgan fingerprint density at radius 3 is 2.60 bits per heavy atom. The van der Waals surface area contributed by atoms with E-state index >= 15 is 0 Å². The largest absolute Gasteiger partial charge is 0.491 e. The van der Waals surface area contributed by atoms with Gasteiger partial charge in [0, 0.05) is 16.8 Å². The van der Waals surface area contributed by atoms with Crippen molar-refractivity contribution in [1.82, 2.24) is 19.7 Å². The van der Waals surface area contributed by atoms with Crippen molar-refractivity contribution in [2.45, 2.75) is 39.8 Å². The molecule has 0 aliphatic heterocycles. The molecule has 10 heteroatoms. The summed E-state index contributed by atoms with van der Waals surface area (Å²) >= 11 is 0. The van der Waals surface area contributed by atoms with Crippen LogP contribution in [0.4, 0.5) is 27.5 Å². The summed E-state index contributed by atoms with van der Waals surface area (Å²) in [7, 11) is 0. The minimum absolute atomic E-state index is 0.0490. The van der Waals surface area contributed by atoms with E-state index in [1.165, 1.54) is 0 Å². The van der Waals surface area contributed by atoms with Crippen LogP contribution in [0.15, 0.2) is 54.9 Å². The van der Waals surface area contributed by atoms with Gasteiger partial charge in [0.25, 0.3) is 0 Å². The SMILES string of the molecule is CCOC(=O)CCn1ncc2cc(Nc3ncc(F)c(Nc4ccc(OC(C)C)cc4)n3)ccc21. The van der Waals surface area contributed by atoms with Crippen molar-refractivity contribution in [3.05, 3.63) is 60.7 Å². The summed E-state index contributed by atoms with van der Waals surface area (Å²) in [6, 6.07) is 12.8. The monoisotopic (exact) mass is 478 g/mol. The van der Waals surface area contributed by atoms with Crippen molar-refractivity contribution < 1.29 is 18.7 Å². The number of nitrogens with one attached hydrogen (secondary N) is 2. The predicted octanol–water partition coefficient (Wildman–Crippen LogP) is 5.19. The molecule has 0 aliphatic carbocycles. The summed E-state index contributed by atoms with van der Waals surface area (Å²) in [6.07, 6.45) is 3.15. The van der Waals surface area contributed by atoms with E-state index in [9.17, 15) is 9.18 Å². The molecule has 2 N–H and O–H groups in total. The lowest BCUT2D eigenvalue weighted by atomic mass is 10.2. The number of nitrogens with zero attached hydrogens (tertiary/aromatic N) is 4. The third-order valence-electron chi connectivity index (χ3n) is 4.96. The molecule has 182 valence electrons. The Kier molecular flexibility index (Phi) is 7.39. The Morgan fingerprint density at radius 2 is 1.86 bits per heavy atom. The molecule has 0 saturated carbocycles. The molecule has 4 aromatic rings. The van der Waals surface area contributed by atoms with Crippen LogP contribution in [0, 0.1) is 5.82 Å². The Labute approximate surface area is 202 Å². The summed E-state index contributed by atoms with van der Waals surface area (Å²) in [5.74, 6) is 0.190. The van der Waals surface area contributed by atoms with E-state index in [4.69, 9.17) is 9.47 Å². The summed E-state index contributed by atoms with van der Waals surface area (Å²) in [5, 5.41) is 11.3. The third kappa shape index (κ3) is 6.23. The first-order chi connectivity index (χ1) is 16.9. The van der Waals surface area contributed by atoms with E-state index in [0.717, 1.165) is 28.5 Å². The number of carbonyl (C=O) groups excluding carboxylic acids is 1. The van der Waals surface area contributed by atoms with Crippen LogP contribution in [0.5, 0.6) is 5.75 Å². The maximum Gasteiger partial charge on any atom is 0.307 e. The minimum Gasteiger partial charge on any atom is -0.491 e. The van der Waals surface area contributed by atoms with E-state index < -0.39 is 5.82 Å². The van der Waals surface area contributed by atoms with Gasteiger partial charge in [-0.2, -0.15) is 10.1 Å². The maximum atomic E-state index is 14.4. The van der Waals surface area contributed by atoms with Gasteiger partial charge in [0.15, 0.2) is 11.6 Å². The first-order valence-corrected chi connectivity index (χ1v) is 11.4. The number of rotatable bonds is 10. The highest BCUT2D eigenvalue weighted by Crippen LogP contribution is 2.24. The van der Waals surface area contributed by atoms with Gasteiger partial charge in [-0.3, -0.25) is 9.48 Å². The fraction of sp³-hybridized carbons (Fsp3) is 0.280. The first kappa shape index (κ1) is 23.9. The van der Waals surface area contributed by atoms with Crippen LogP contribution in [0.3, 0.4) is 0 Å². The summed E-state index contributed by atoms with van der Waals surface area (Å²) in [5.41, 5.74) is 2.27. The molecule has 0 bridgehead atoms. The molecular formula is C25H27FN6O3. The molecule has 2 aromatic heterocycles. The number of anilines is 4. The molecule has 9 nitrogen and oxygen atoms in total. The number of ether oxygens (including phenoxy) is 2. The Bertz CT molecular complexity index is 1310. The number of benzene rings is 2. The van der Waals surface area contributed by atoms with Crippen LogP contribution < -0.4 is 15.4 Å². The van der Waals surface area contributed by atoms with Crippen molar-refractivity contribution in [2.24, 2.45) is 0 Å². The molecule has 0 radical (unpaired) electrons. The normalized spacial score (nSPS) is 11.0. The molecule has 4 rings (SSSR count). The standard InChI is InChI=1S/C25H27FN6O3/c1-4-34-23(33)11-12-32-22-10-7-19(13-17(22)14-28-32)30-25-27-15-21(26)24(31-25)29-18-5-8-20(9-6-18)35-16(2)3/h5-10,13-16H,4,11-12H2,1-3H3,(H2,27,29,30,31). The van der Waals surface area contributed by atoms with E-state index in [2.05, 4.69) is 25.7 Å². The molecular weight excluding hydrogens is 451 g/mol. The highest BCUT2D eigenvalue weighted by molar-refractivity contribution is 5.83. The van der Waals surface area contributed by atoms with Gasteiger partial charge in [-0.15, -0.1) is 0 Å². The maximum absolute atomic E-state index is 14.4. The molecule has 35 heavy (non-hydrogen) atoms. The van der Waals surface area contributed by atoms with Gasteiger partial charge in [0.1, 0.15) is 5.75 Å². The fourth-order valence-corrected chi connectivity index (χ4v) is 3.44. The van der Waals surface area contributed by atoms with Crippen molar-refractivity contribution >= 4 is 40.0 Å². The summed E-state index contributed by atoms with van der Waals surface area (Å²) < 4.78 is 26.7. The molecule has 0 amide bonds. The van der Waals surface area contributed by atoms with Crippen molar-refractivity contribution in [2.75, 3.05) is 17.2 Å². The van der Waals surface area contributed by atoms with Gasteiger partial charge < -0.3 is 20.1 Å². The fourth-order valence-electron chi connectivity index (χ4n) is 3.44. The highest BCUT2D eigenvalue weighted by Gasteiger charge is 2.11. The van der Waals surface area contributed by atoms with Gasteiger partial charge in [0.2, 0.25) is 5.95 Å². The number of aryl methyl sites for hydroxylation is 1. The minimum atomic E-state index is -0.573. The Hall–Kier alpha value is -4.21. The number of hydrogen-bond donors (Lipinski definition) is 2. The number of fused-ring (bicyclic) bond motifs is 1. The highest BCUT2D eigenvalue weighted by atomic mass is 19.1. The lowest BCUT2D eigenvalue weighted by molar-refractivity contribution is -0.143. The topological polar surface area (TPSA) is 103 Å². The molecule has 2 heterocycles. The second-order valence-corrected chi connectivity index (χ2v) is 8.03. The molecule has 2 aromatic carbocycles. The van der Waals surface area contributed by atoms with Crippen LogP contribution >= 0.6 is 0 Å². The Balaban J connectivity index is 1.45. The van der Waals surface area contributed by atoms with Crippen LogP contribution in [0.25, 0.3) is 10.9 Å². The van der Waals surface area contributed by atoms with Crippen LogP contribution in [0.2, 0.25) is 0 Å². The molecule has 0 unspecified atom stereocenters. The number of halogens is 1. The number of esters is 1. The second-order valence-electron chi connectivity index (χ2n) is 8.03. The second kappa shape index (κ2) is 10.8. The smallest absolute Gasteiger partial charge is 0.307 e. The van der Waals surface area contributed by atoms with E-state index in [0.29, 0.717) is 18.8 Å². The average Bonchev–Trinajstić information content (AvgIpc) is 3.23. The van der Waals surface area contributed by atoms with Crippen molar-refractivity contribution in [3.63, 3.8) is 0 Å². The zero-order valence-corrected chi connectivity index (χ0v) is 19.8. The van der Waals surface area contributed by atoms with Crippen LogP contribution in [-0.2, 0) is 16.1 Å². The van der Waals surface area contributed by atoms with E-state index in [-0.39, 0.29) is 30.3 Å². The Morgan fingerprint density at radius 1 is 1.09 bits per heavy atom. The number of carbonyl (C=O) groups is 1. The zero-order chi connectivity index (χ0) is 24.8. The molecule has 0 saturated heterocycles. The van der Waals surface area contributed by atoms with Crippen LogP contribution in [0.1, 0.15) is 27.2 Å². The molecule has 0 aliphatic rings. The first-order valence-electron chi connectivity index (χ1n) is 11.4. The van der Waals surface area contributed by atoms with Gasteiger partial charge in [0.05, 0.1) is 43.6 Å². The number of hydrogen-bond acceptors (Lipinski definition) is 8. The van der Waals surface area contributed by atoms with Crippen LogP contribution in [-0.4, -0.2) is 38.4 Å². The predicted molar refractivity (Wildman–Crippen MR) is 132 cm³/mol. The van der Waals surface area contributed by atoms with Gasteiger partial charge in [-0.05, 0) is 63.2 Å². The molecule has 0 fully saturated rings. The molecule has 0 atom stereocenters. The summed E-state index contributed by atoms with van der Waals surface area (Å²) in [6.45, 7) is 6.46. The van der Waals surface area contributed by atoms with Crippen molar-refractivity contribution in [3.8, 4) is 5.75 Å². The van der Waals surface area contributed by atoms with Gasteiger partial charge in [-0.1, -0.05) is 0 Å². The van der Waals surface area contributed by atoms with E-state index in [1.54, 1.807) is 29.9 Å². The average molecular weight is 479 g/mol. The number of aromatic nitrogens is 4.